The van der Waals surface area contributed by atoms with E-state index in [1.54, 1.807) is 6.07 Å². The maximum atomic E-state index is 13.1. The van der Waals surface area contributed by atoms with Gasteiger partial charge in [-0.05, 0) is 29.8 Å². The van der Waals surface area contributed by atoms with Crippen molar-refractivity contribution in [3.63, 3.8) is 0 Å². The fourth-order valence-electron chi connectivity index (χ4n) is 1.82. The van der Waals surface area contributed by atoms with E-state index in [9.17, 15) is 4.39 Å². The summed E-state index contributed by atoms with van der Waals surface area (Å²) in [6, 6.07) is 18.2. The topological polar surface area (TPSA) is 27.0 Å². The Hall–Kier alpha value is -2.34. The van der Waals surface area contributed by atoms with E-state index in [0.717, 1.165) is 11.3 Å². The van der Waals surface area contributed by atoms with Crippen molar-refractivity contribution in [1.82, 2.24) is 0 Å². The second-order valence-corrected chi connectivity index (χ2v) is 3.98. The Bertz CT molecular complexity index is 546. The molecule has 0 amide bonds. The van der Waals surface area contributed by atoms with Crippen LogP contribution in [0.1, 0.15) is 5.56 Å². The average Bonchev–Trinajstić information content (AvgIpc) is 2.39. The normalized spacial score (nSPS) is 9.78. The lowest BCUT2D eigenvalue weighted by molar-refractivity contribution is 0.625. The molecule has 0 atom stereocenters. The van der Waals surface area contributed by atoms with Crippen molar-refractivity contribution in [1.29, 1.82) is 5.26 Å². The van der Waals surface area contributed by atoms with E-state index in [1.807, 2.05) is 41.3 Å². The first-order valence-electron chi connectivity index (χ1n) is 5.71. The zero-order chi connectivity index (χ0) is 12.8. The van der Waals surface area contributed by atoms with Gasteiger partial charge in [0.1, 0.15) is 12.4 Å². The van der Waals surface area contributed by atoms with Gasteiger partial charge in [-0.1, -0.05) is 30.3 Å². The summed E-state index contributed by atoms with van der Waals surface area (Å²) in [5.41, 5.74) is 1.82. The lowest BCUT2D eigenvalue weighted by Crippen LogP contribution is -2.22. The Labute approximate surface area is 106 Å². The first-order chi connectivity index (χ1) is 8.79. The van der Waals surface area contributed by atoms with Gasteiger partial charge in [0.25, 0.3) is 0 Å². The van der Waals surface area contributed by atoms with E-state index < -0.39 is 0 Å². The standard InChI is InChI=1S/C15H13FN2/c16-14-6-4-5-13(11-14)12-18(10-9-17)15-7-2-1-3-8-15/h1-8,11H,10,12H2. The van der Waals surface area contributed by atoms with Gasteiger partial charge in [0, 0.05) is 12.2 Å². The van der Waals surface area contributed by atoms with Crippen LogP contribution >= 0.6 is 0 Å². The van der Waals surface area contributed by atoms with Crippen molar-refractivity contribution in [2.24, 2.45) is 0 Å². The number of anilines is 1. The Morgan fingerprint density at radius 3 is 2.50 bits per heavy atom. The van der Waals surface area contributed by atoms with Crippen LogP contribution in [0.4, 0.5) is 10.1 Å². The van der Waals surface area contributed by atoms with Gasteiger partial charge in [-0.15, -0.1) is 0 Å². The highest BCUT2D eigenvalue weighted by molar-refractivity contribution is 5.47. The molecule has 0 aliphatic heterocycles. The summed E-state index contributed by atoms with van der Waals surface area (Å²) in [5.74, 6) is -0.252. The Kier molecular flexibility index (Phi) is 3.93. The molecule has 0 heterocycles. The van der Waals surface area contributed by atoms with Crippen molar-refractivity contribution in [2.45, 2.75) is 6.54 Å². The molecule has 2 nitrogen and oxygen atoms in total. The van der Waals surface area contributed by atoms with Crippen LogP contribution in [0.25, 0.3) is 0 Å². The minimum atomic E-state index is -0.252. The number of rotatable bonds is 4. The number of hydrogen-bond acceptors (Lipinski definition) is 2. The molecule has 2 aromatic rings. The minimum absolute atomic E-state index is 0.252. The Morgan fingerprint density at radius 1 is 1.06 bits per heavy atom. The maximum Gasteiger partial charge on any atom is 0.123 e. The second-order valence-electron chi connectivity index (χ2n) is 3.98. The summed E-state index contributed by atoms with van der Waals surface area (Å²) >= 11 is 0. The van der Waals surface area contributed by atoms with E-state index in [4.69, 9.17) is 5.26 Å². The summed E-state index contributed by atoms with van der Waals surface area (Å²) in [6.45, 7) is 0.801. The molecule has 18 heavy (non-hydrogen) atoms. The maximum absolute atomic E-state index is 13.1. The lowest BCUT2D eigenvalue weighted by Gasteiger charge is -2.21. The number of para-hydroxylation sites is 1. The molecule has 0 fully saturated rings. The van der Waals surface area contributed by atoms with Crippen LogP contribution in [0.3, 0.4) is 0 Å². The molecular formula is C15H13FN2. The quantitative estimate of drug-likeness (QED) is 0.766. The summed E-state index contributed by atoms with van der Waals surface area (Å²) in [6.07, 6.45) is 0. The van der Waals surface area contributed by atoms with Crippen molar-refractivity contribution < 1.29 is 4.39 Å². The molecule has 2 rings (SSSR count). The number of nitrogens with zero attached hydrogens (tertiary/aromatic N) is 2. The molecule has 0 saturated heterocycles. The van der Waals surface area contributed by atoms with Crippen LogP contribution in [0.2, 0.25) is 0 Å². The number of nitriles is 1. The van der Waals surface area contributed by atoms with Gasteiger partial charge in [0.05, 0.1) is 6.07 Å². The largest absolute Gasteiger partial charge is 0.354 e. The van der Waals surface area contributed by atoms with Crippen LogP contribution in [-0.2, 0) is 6.54 Å². The molecule has 3 heteroatoms. The van der Waals surface area contributed by atoms with Crippen molar-refractivity contribution in [3.05, 3.63) is 66.0 Å². The van der Waals surface area contributed by atoms with E-state index >= 15 is 0 Å². The van der Waals surface area contributed by atoms with E-state index in [1.165, 1.54) is 12.1 Å². The van der Waals surface area contributed by atoms with Crippen molar-refractivity contribution >= 4 is 5.69 Å². The van der Waals surface area contributed by atoms with Gasteiger partial charge in [-0.3, -0.25) is 0 Å². The highest BCUT2D eigenvalue weighted by atomic mass is 19.1. The Balaban J connectivity index is 2.20. The van der Waals surface area contributed by atoms with Crippen LogP contribution in [0.5, 0.6) is 0 Å². The van der Waals surface area contributed by atoms with Gasteiger partial charge in [0.15, 0.2) is 0 Å². The molecular weight excluding hydrogens is 227 g/mol. The Morgan fingerprint density at radius 2 is 1.83 bits per heavy atom. The predicted octanol–water partition coefficient (Wildman–Crippen LogP) is 3.36. The lowest BCUT2D eigenvalue weighted by atomic mass is 10.2. The number of halogens is 1. The average molecular weight is 240 g/mol. The highest BCUT2D eigenvalue weighted by Gasteiger charge is 2.06. The van der Waals surface area contributed by atoms with E-state index in [0.29, 0.717) is 6.54 Å². The zero-order valence-electron chi connectivity index (χ0n) is 9.88. The monoisotopic (exact) mass is 240 g/mol. The molecule has 0 N–H and O–H groups in total. The van der Waals surface area contributed by atoms with Gasteiger partial charge in [0.2, 0.25) is 0 Å². The molecule has 0 radical (unpaired) electrons. The third kappa shape index (κ3) is 3.08. The molecule has 0 aromatic heterocycles. The summed E-state index contributed by atoms with van der Waals surface area (Å²) in [5, 5.41) is 8.86. The molecule has 0 unspecified atom stereocenters. The summed E-state index contributed by atoms with van der Waals surface area (Å²) < 4.78 is 13.1. The summed E-state index contributed by atoms with van der Waals surface area (Å²) in [4.78, 5) is 1.91. The van der Waals surface area contributed by atoms with Crippen LogP contribution in [0.15, 0.2) is 54.6 Å². The molecule has 0 aliphatic rings. The van der Waals surface area contributed by atoms with Crippen molar-refractivity contribution in [3.8, 4) is 6.07 Å². The fraction of sp³-hybridized carbons (Fsp3) is 0.133. The van der Waals surface area contributed by atoms with Gasteiger partial charge < -0.3 is 4.90 Å². The van der Waals surface area contributed by atoms with E-state index in [-0.39, 0.29) is 12.4 Å². The molecule has 2 aromatic carbocycles. The third-order valence-corrected chi connectivity index (χ3v) is 2.65. The van der Waals surface area contributed by atoms with Crippen LogP contribution < -0.4 is 4.90 Å². The number of hydrogen-bond donors (Lipinski definition) is 0. The van der Waals surface area contributed by atoms with Gasteiger partial charge in [-0.2, -0.15) is 5.26 Å². The van der Waals surface area contributed by atoms with Gasteiger partial charge in [-0.25, -0.2) is 4.39 Å². The van der Waals surface area contributed by atoms with Gasteiger partial charge >= 0.3 is 0 Å². The highest BCUT2D eigenvalue weighted by Crippen LogP contribution is 2.16. The first kappa shape index (κ1) is 12.1. The molecule has 0 saturated carbocycles. The molecule has 90 valence electrons. The summed E-state index contributed by atoms with van der Waals surface area (Å²) in [7, 11) is 0. The minimum Gasteiger partial charge on any atom is -0.354 e. The number of benzene rings is 2. The zero-order valence-corrected chi connectivity index (χ0v) is 9.88. The SMILES string of the molecule is N#CCN(Cc1cccc(F)c1)c1ccccc1. The molecule has 0 spiro atoms. The van der Waals surface area contributed by atoms with Crippen LogP contribution in [-0.4, -0.2) is 6.54 Å². The molecule has 0 aliphatic carbocycles. The van der Waals surface area contributed by atoms with Crippen LogP contribution in [0, 0.1) is 17.1 Å². The second kappa shape index (κ2) is 5.83. The predicted molar refractivity (Wildman–Crippen MR) is 69.5 cm³/mol. The van der Waals surface area contributed by atoms with E-state index in [2.05, 4.69) is 6.07 Å². The fourth-order valence-corrected chi connectivity index (χ4v) is 1.82. The molecule has 0 bridgehead atoms. The smallest absolute Gasteiger partial charge is 0.123 e. The first-order valence-corrected chi connectivity index (χ1v) is 5.71. The van der Waals surface area contributed by atoms with Crippen molar-refractivity contribution in [2.75, 3.05) is 11.4 Å². The third-order valence-electron chi connectivity index (χ3n) is 2.65.